The maximum Gasteiger partial charge on any atom is 0.256 e. The van der Waals surface area contributed by atoms with Gasteiger partial charge < -0.3 is 15.2 Å². The molecule has 0 bridgehead atoms. The van der Waals surface area contributed by atoms with Crippen LogP contribution in [0.25, 0.3) is 0 Å². The van der Waals surface area contributed by atoms with Crippen molar-refractivity contribution in [1.29, 1.82) is 0 Å². The number of rotatable bonds is 6. The average molecular weight is 402 g/mol. The van der Waals surface area contributed by atoms with Crippen molar-refractivity contribution in [2.24, 2.45) is 0 Å². The van der Waals surface area contributed by atoms with Crippen LogP contribution in [-0.4, -0.2) is 29.5 Å². The van der Waals surface area contributed by atoms with E-state index in [9.17, 15) is 14.4 Å². The fourth-order valence-corrected chi connectivity index (χ4v) is 4.44. The van der Waals surface area contributed by atoms with Crippen molar-refractivity contribution >= 4 is 23.2 Å². The number of hydrogen-bond acceptors (Lipinski definition) is 4. The summed E-state index contributed by atoms with van der Waals surface area (Å²) in [5.74, 6) is -0.890. The molecule has 2 N–H and O–H groups in total. The summed E-state index contributed by atoms with van der Waals surface area (Å²) in [4.78, 5) is 37.9. The van der Waals surface area contributed by atoms with E-state index >= 15 is 0 Å². The van der Waals surface area contributed by atoms with Crippen molar-refractivity contribution in [1.82, 2.24) is 15.2 Å². The molecule has 0 aromatic carbocycles. The first kappa shape index (κ1) is 20.3. The highest BCUT2D eigenvalue weighted by Gasteiger charge is 2.23. The van der Waals surface area contributed by atoms with E-state index in [1.807, 2.05) is 28.3 Å². The van der Waals surface area contributed by atoms with Crippen LogP contribution < -0.4 is 16.1 Å². The van der Waals surface area contributed by atoms with Gasteiger partial charge >= 0.3 is 0 Å². The lowest BCUT2D eigenvalue weighted by Gasteiger charge is -2.25. The monoisotopic (exact) mass is 401 g/mol. The number of nitrogens with one attached hydrogen (secondary N) is 2. The first-order chi connectivity index (χ1) is 13.5. The lowest BCUT2D eigenvalue weighted by Crippen LogP contribution is -2.39. The van der Waals surface area contributed by atoms with Crippen molar-refractivity contribution in [2.75, 3.05) is 7.05 Å². The van der Waals surface area contributed by atoms with Gasteiger partial charge in [-0.25, -0.2) is 0 Å². The summed E-state index contributed by atoms with van der Waals surface area (Å²) in [6.45, 7) is 1.91. The average Bonchev–Trinajstić information content (AvgIpc) is 3.21. The molecule has 1 fully saturated rings. The van der Waals surface area contributed by atoms with E-state index < -0.39 is 17.2 Å². The van der Waals surface area contributed by atoms with Gasteiger partial charge in [0.25, 0.3) is 11.8 Å². The predicted molar refractivity (Wildman–Crippen MR) is 111 cm³/mol. The Bertz CT molecular complexity index is 883. The third-order valence-corrected chi connectivity index (χ3v) is 5.99. The summed E-state index contributed by atoms with van der Waals surface area (Å²) >= 11 is 1.61. The van der Waals surface area contributed by atoms with E-state index in [4.69, 9.17) is 0 Å². The number of pyridine rings is 1. The van der Waals surface area contributed by atoms with Gasteiger partial charge in [-0.15, -0.1) is 0 Å². The third kappa shape index (κ3) is 4.70. The van der Waals surface area contributed by atoms with Crippen LogP contribution in [0, 0.1) is 0 Å². The van der Waals surface area contributed by atoms with Gasteiger partial charge in [0.05, 0.1) is 0 Å². The highest BCUT2D eigenvalue weighted by Crippen LogP contribution is 2.28. The summed E-state index contributed by atoms with van der Waals surface area (Å²) in [6, 6.07) is 2.12. The fraction of sp³-hybridized carbons (Fsp3) is 0.476. The number of aromatic nitrogens is 1. The molecule has 0 spiro atoms. The Kier molecular flexibility index (Phi) is 6.67. The first-order valence-electron chi connectivity index (χ1n) is 9.79. The van der Waals surface area contributed by atoms with Gasteiger partial charge in [0, 0.05) is 31.5 Å². The highest BCUT2D eigenvalue weighted by atomic mass is 32.1. The number of nitrogens with zero attached hydrogens (tertiary/aromatic N) is 1. The zero-order valence-electron chi connectivity index (χ0n) is 16.4. The number of amides is 2. The van der Waals surface area contributed by atoms with E-state index in [0.717, 1.165) is 31.2 Å². The normalized spacial score (nSPS) is 15.8. The maximum absolute atomic E-state index is 12.8. The van der Waals surface area contributed by atoms with E-state index in [1.165, 1.54) is 13.5 Å². The van der Waals surface area contributed by atoms with Gasteiger partial charge in [0.15, 0.2) is 0 Å². The van der Waals surface area contributed by atoms with Gasteiger partial charge in [0.1, 0.15) is 11.1 Å². The smallest absolute Gasteiger partial charge is 0.256 e. The molecule has 0 radical (unpaired) electrons. The molecule has 2 aromatic rings. The van der Waals surface area contributed by atoms with Crippen LogP contribution >= 0.6 is 11.3 Å². The largest absolute Gasteiger partial charge is 0.355 e. The summed E-state index contributed by atoms with van der Waals surface area (Å²) in [5, 5.41) is 9.46. The minimum Gasteiger partial charge on any atom is -0.355 e. The Balaban J connectivity index is 1.87. The molecule has 28 heavy (non-hydrogen) atoms. The Morgan fingerprint density at radius 1 is 1.18 bits per heavy atom. The standard InChI is InChI=1S/C21H27N3O3S/c1-14(10-15-8-9-28-13-15)23-21(27)18-12-24(16-6-4-3-5-7-16)11-17(19(18)25)20(26)22-2/h8-9,11-14,16H,3-7,10H2,1-2H3,(H,22,26)(H,23,27)/t14-/m0/s1. The summed E-state index contributed by atoms with van der Waals surface area (Å²) < 4.78 is 1.89. The molecule has 1 atom stereocenters. The Morgan fingerprint density at radius 2 is 1.86 bits per heavy atom. The molecule has 1 saturated carbocycles. The van der Waals surface area contributed by atoms with Crippen LogP contribution in [0.2, 0.25) is 0 Å². The first-order valence-corrected chi connectivity index (χ1v) is 10.7. The van der Waals surface area contributed by atoms with Gasteiger partial charge in [-0.2, -0.15) is 11.3 Å². The second-order valence-corrected chi connectivity index (χ2v) is 8.22. The van der Waals surface area contributed by atoms with Crippen LogP contribution in [0.5, 0.6) is 0 Å². The lowest BCUT2D eigenvalue weighted by atomic mass is 9.95. The van der Waals surface area contributed by atoms with Gasteiger partial charge in [0.2, 0.25) is 5.43 Å². The molecule has 2 amide bonds. The van der Waals surface area contributed by atoms with Crippen molar-refractivity contribution in [3.63, 3.8) is 0 Å². The Morgan fingerprint density at radius 3 is 2.46 bits per heavy atom. The van der Waals surface area contributed by atoms with Gasteiger partial charge in [-0.05, 0) is 48.6 Å². The van der Waals surface area contributed by atoms with E-state index in [2.05, 4.69) is 10.6 Å². The summed E-state index contributed by atoms with van der Waals surface area (Å²) in [6.07, 6.45) is 9.34. The maximum atomic E-state index is 12.8. The van der Waals surface area contributed by atoms with Crippen LogP contribution in [0.3, 0.4) is 0 Å². The molecule has 1 aliphatic rings. The quantitative estimate of drug-likeness (QED) is 0.780. The molecule has 0 unspecified atom stereocenters. The molecule has 2 aromatic heterocycles. The van der Waals surface area contributed by atoms with Crippen LogP contribution in [-0.2, 0) is 6.42 Å². The highest BCUT2D eigenvalue weighted by molar-refractivity contribution is 7.07. The number of thiophene rings is 1. The molecular formula is C21H27N3O3S. The summed E-state index contributed by atoms with van der Waals surface area (Å²) in [5.41, 5.74) is 0.679. The minimum absolute atomic E-state index is 0.0196. The Hall–Kier alpha value is -2.41. The second kappa shape index (κ2) is 9.19. The lowest BCUT2D eigenvalue weighted by molar-refractivity contribution is 0.0938. The molecule has 150 valence electrons. The fourth-order valence-electron chi connectivity index (χ4n) is 3.76. The van der Waals surface area contributed by atoms with Crippen molar-refractivity contribution in [3.8, 4) is 0 Å². The molecule has 2 heterocycles. The molecule has 0 aliphatic heterocycles. The predicted octanol–water partition coefficient (Wildman–Crippen LogP) is 3.14. The van der Waals surface area contributed by atoms with Crippen LogP contribution in [0.1, 0.15) is 71.3 Å². The Labute approximate surface area is 169 Å². The number of hydrogen-bond donors (Lipinski definition) is 2. The van der Waals surface area contributed by atoms with Crippen molar-refractivity contribution < 1.29 is 9.59 Å². The molecule has 1 aliphatic carbocycles. The molecule has 3 rings (SSSR count). The van der Waals surface area contributed by atoms with Gasteiger partial charge in [-0.1, -0.05) is 19.3 Å². The molecule has 0 saturated heterocycles. The third-order valence-electron chi connectivity index (χ3n) is 5.26. The SMILES string of the molecule is CNC(=O)c1cn(C2CCCCC2)cc(C(=O)N[C@@H](C)Cc2ccsc2)c1=O. The van der Waals surface area contributed by atoms with Crippen molar-refractivity contribution in [2.45, 2.75) is 57.5 Å². The van der Waals surface area contributed by atoms with Gasteiger partial charge in [-0.3, -0.25) is 14.4 Å². The van der Waals surface area contributed by atoms with Crippen LogP contribution in [0.4, 0.5) is 0 Å². The van der Waals surface area contributed by atoms with E-state index in [0.29, 0.717) is 6.42 Å². The van der Waals surface area contributed by atoms with Crippen molar-refractivity contribution in [3.05, 3.63) is 56.1 Å². The van der Waals surface area contributed by atoms with E-state index in [1.54, 1.807) is 23.7 Å². The van der Waals surface area contributed by atoms with Crippen LogP contribution in [0.15, 0.2) is 34.0 Å². The molecule has 6 nitrogen and oxygen atoms in total. The summed E-state index contributed by atoms with van der Waals surface area (Å²) in [7, 11) is 1.49. The number of carbonyl (C=O) groups is 2. The second-order valence-electron chi connectivity index (χ2n) is 7.44. The zero-order valence-corrected chi connectivity index (χ0v) is 17.2. The molecular weight excluding hydrogens is 374 g/mol. The number of carbonyl (C=O) groups excluding carboxylic acids is 2. The topological polar surface area (TPSA) is 80.2 Å². The minimum atomic E-state index is -0.522. The zero-order chi connectivity index (χ0) is 20.1. The van der Waals surface area contributed by atoms with E-state index in [-0.39, 0.29) is 23.2 Å². The molecule has 7 heteroatoms.